The summed E-state index contributed by atoms with van der Waals surface area (Å²) in [4.78, 5) is 23.3. The Morgan fingerprint density at radius 1 is 1.13 bits per heavy atom. The molecule has 7 heteroatoms. The lowest BCUT2D eigenvalue weighted by molar-refractivity contribution is 0.0698. The van der Waals surface area contributed by atoms with Gasteiger partial charge in [0.05, 0.1) is 11.3 Å². The molecule has 3 N–H and O–H groups in total. The van der Waals surface area contributed by atoms with Crippen LogP contribution < -0.4 is 10.6 Å². The molecule has 118 valence electrons. The van der Waals surface area contributed by atoms with E-state index in [1.165, 1.54) is 18.2 Å². The van der Waals surface area contributed by atoms with Crippen LogP contribution in [0.5, 0.6) is 0 Å². The van der Waals surface area contributed by atoms with Crippen LogP contribution >= 0.6 is 23.8 Å². The molecular formula is C16H13ClN2O3S. The van der Waals surface area contributed by atoms with Crippen LogP contribution in [0.2, 0.25) is 5.02 Å². The highest BCUT2D eigenvalue weighted by Gasteiger charge is 2.13. The third kappa shape index (κ3) is 4.51. The predicted octanol–water partition coefficient (Wildman–Crippen LogP) is 3.47. The van der Waals surface area contributed by atoms with Crippen molar-refractivity contribution in [1.29, 1.82) is 0 Å². The summed E-state index contributed by atoms with van der Waals surface area (Å²) in [6, 6.07) is 11.3. The van der Waals surface area contributed by atoms with Gasteiger partial charge in [0.25, 0.3) is 5.91 Å². The Kier molecular flexibility index (Phi) is 5.31. The van der Waals surface area contributed by atoms with Gasteiger partial charge in [-0.1, -0.05) is 29.3 Å². The zero-order valence-electron chi connectivity index (χ0n) is 12.1. The summed E-state index contributed by atoms with van der Waals surface area (Å²) in [6.45, 7) is 1.92. The Morgan fingerprint density at radius 2 is 1.78 bits per heavy atom. The van der Waals surface area contributed by atoms with Gasteiger partial charge < -0.3 is 10.4 Å². The Morgan fingerprint density at radius 3 is 2.39 bits per heavy atom. The molecule has 0 heterocycles. The minimum absolute atomic E-state index is 0.000368. The lowest BCUT2D eigenvalue weighted by atomic mass is 10.1. The van der Waals surface area contributed by atoms with E-state index in [1.807, 2.05) is 19.1 Å². The number of benzene rings is 2. The van der Waals surface area contributed by atoms with Crippen LogP contribution in [-0.4, -0.2) is 22.1 Å². The van der Waals surface area contributed by atoms with Crippen LogP contribution in [0.15, 0.2) is 42.5 Å². The van der Waals surface area contributed by atoms with Crippen molar-refractivity contribution in [3.05, 3.63) is 64.2 Å². The first-order valence-corrected chi connectivity index (χ1v) is 7.37. The second kappa shape index (κ2) is 7.21. The molecule has 0 saturated heterocycles. The van der Waals surface area contributed by atoms with Gasteiger partial charge in [-0.05, 0) is 49.5 Å². The number of carbonyl (C=O) groups is 2. The smallest absolute Gasteiger partial charge is 0.337 e. The highest BCUT2D eigenvalue weighted by Crippen LogP contribution is 2.20. The van der Waals surface area contributed by atoms with Gasteiger partial charge in [-0.3, -0.25) is 10.1 Å². The van der Waals surface area contributed by atoms with Crippen LogP contribution in [0.25, 0.3) is 0 Å². The van der Waals surface area contributed by atoms with Crippen molar-refractivity contribution in [3.63, 3.8) is 0 Å². The van der Waals surface area contributed by atoms with E-state index in [2.05, 4.69) is 10.6 Å². The number of carbonyl (C=O) groups excluding carboxylic acids is 1. The van der Waals surface area contributed by atoms with Crippen LogP contribution in [-0.2, 0) is 0 Å². The lowest BCUT2D eigenvalue weighted by Gasteiger charge is -2.12. The highest BCUT2D eigenvalue weighted by atomic mass is 35.5. The van der Waals surface area contributed by atoms with Crippen molar-refractivity contribution in [2.45, 2.75) is 6.92 Å². The molecule has 2 aromatic carbocycles. The van der Waals surface area contributed by atoms with Crippen LogP contribution in [0.3, 0.4) is 0 Å². The number of carboxylic acids is 1. The third-order valence-electron chi connectivity index (χ3n) is 3.00. The number of hydrogen-bond acceptors (Lipinski definition) is 3. The topological polar surface area (TPSA) is 78.4 Å². The summed E-state index contributed by atoms with van der Waals surface area (Å²) in [6.07, 6.45) is 0. The SMILES string of the molecule is Cc1ccc(C(=O)NC(=S)Nc2ccc(Cl)cc2C(=O)O)cc1. The summed E-state index contributed by atoms with van der Waals surface area (Å²) >= 11 is 10.8. The van der Waals surface area contributed by atoms with Gasteiger partial charge in [0, 0.05) is 10.6 Å². The van der Waals surface area contributed by atoms with E-state index in [4.69, 9.17) is 28.9 Å². The fraction of sp³-hybridized carbons (Fsp3) is 0.0625. The average Bonchev–Trinajstić information content (AvgIpc) is 2.49. The molecule has 0 aliphatic heterocycles. The molecule has 0 aromatic heterocycles. The number of thiocarbonyl (C=S) groups is 1. The summed E-state index contributed by atoms with van der Waals surface area (Å²) in [5, 5.41) is 14.6. The minimum Gasteiger partial charge on any atom is -0.478 e. The molecule has 0 aliphatic rings. The first kappa shape index (κ1) is 16.9. The van der Waals surface area contributed by atoms with E-state index < -0.39 is 5.97 Å². The maximum Gasteiger partial charge on any atom is 0.337 e. The zero-order chi connectivity index (χ0) is 17.0. The number of hydrogen-bond donors (Lipinski definition) is 3. The summed E-state index contributed by atoms with van der Waals surface area (Å²) < 4.78 is 0. The van der Waals surface area contributed by atoms with E-state index in [0.717, 1.165) is 5.56 Å². The molecule has 0 radical (unpaired) electrons. The van der Waals surface area contributed by atoms with Crippen LogP contribution in [0, 0.1) is 6.92 Å². The molecule has 5 nitrogen and oxygen atoms in total. The molecule has 0 bridgehead atoms. The van der Waals surface area contributed by atoms with Gasteiger partial charge in [0.2, 0.25) is 0 Å². The normalized spacial score (nSPS) is 10.0. The van der Waals surface area contributed by atoms with Gasteiger partial charge in [-0.25, -0.2) is 4.79 Å². The molecule has 0 atom stereocenters. The summed E-state index contributed by atoms with van der Waals surface area (Å²) in [5.41, 5.74) is 1.70. The Hall–Kier alpha value is -2.44. The van der Waals surface area contributed by atoms with Crippen molar-refractivity contribution < 1.29 is 14.7 Å². The number of amides is 1. The molecule has 1 amide bonds. The van der Waals surface area contributed by atoms with Crippen LogP contribution in [0.1, 0.15) is 26.3 Å². The number of aryl methyl sites for hydroxylation is 1. The molecule has 0 saturated carbocycles. The fourth-order valence-electron chi connectivity index (χ4n) is 1.84. The second-order valence-electron chi connectivity index (χ2n) is 4.77. The summed E-state index contributed by atoms with van der Waals surface area (Å²) in [7, 11) is 0. The molecule has 0 unspecified atom stereocenters. The number of rotatable bonds is 3. The Bertz CT molecular complexity index is 775. The third-order valence-corrected chi connectivity index (χ3v) is 3.44. The van der Waals surface area contributed by atoms with Crippen molar-refractivity contribution in [3.8, 4) is 0 Å². The van der Waals surface area contributed by atoms with Gasteiger partial charge >= 0.3 is 5.97 Å². The molecule has 23 heavy (non-hydrogen) atoms. The molecule has 0 spiro atoms. The zero-order valence-corrected chi connectivity index (χ0v) is 13.7. The van der Waals surface area contributed by atoms with Crippen molar-refractivity contribution in [2.75, 3.05) is 5.32 Å². The monoisotopic (exact) mass is 348 g/mol. The average molecular weight is 349 g/mol. The standard InChI is InChI=1S/C16H13ClN2O3S/c1-9-2-4-10(5-3-9)14(20)19-16(23)18-13-7-6-11(17)8-12(13)15(21)22/h2-8H,1H3,(H,21,22)(H2,18,19,20,23). The van der Waals surface area contributed by atoms with Gasteiger partial charge in [0.1, 0.15) is 0 Å². The first-order valence-electron chi connectivity index (χ1n) is 6.58. The number of aromatic carboxylic acids is 1. The van der Waals surface area contributed by atoms with Crippen LogP contribution in [0.4, 0.5) is 5.69 Å². The Balaban J connectivity index is 2.09. The lowest BCUT2D eigenvalue weighted by Crippen LogP contribution is -2.34. The van der Waals surface area contributed by atoms with Gasteiger partial charge in [0.15, 0.2) is 5.11 Å². The largest absolute Gasteiger partial charge is 0.478 e. The van der Waals surface area contributed by atoms with Crippen molar-refractivity contribution in [1.82, 2.24) is 5.32 Å². The maximum atomic E-state index is 12.1. The first-order chi connectivity index (χ1) is 10.9. The van der Waals surface area contributed by atoms with E-state index >= 15 is 0 Å². The van der Waals surface area contributed by atoms with E-state index in [0.29, 0.717) is 10.6 Å². The summed E-state index contributed by atoms with van der Waals surface area (Å²) in [5.74, 6) is -1.53. The molecule has 0 aliphatic carbocycles. The van der Waals surface area contributed by atoms with Crippen molar-refractivity contribution >= 4 is 46.5 Å². The number of anilines is 1. The second-order valence-corrected chi connectivity index (χ2v) is 5.61. The van der Waals surface area contributed by atoms with E-state index in [-0.39, 0.29) is 22.3 Å². The fourth-order valence-corrected chi connectivity index (χ4v) is 2.21. The minimum atomic E-state index is -1.15. The number of carboxylic acid groups (broad SMARTS) is 1. The molecule has 2 aromatic rings. The Labute approximate surface area is 143 Å². The number of nitrogens with one attached hydrogen (secondary N) is 2. The molecule has 2 rings (SSSR count). The number of halogens is 1. The quantitative estimate of drug-likeness (QED) is 0.740. The highest BCUT2D eigenvalue weighted by molar-refractivity contribution is 7.80. The van der Waals surface area contributed by atoms with E-state index in [1.54, 1.807) is 12.1 Å². The van der Waals surface area contributed by atoms with Gasteiger partial charge in [-0.15, -0.1) is 0 Å². The maximum absolute atomic E-state index is 12.1. The molecule has 0 fully saturated rings. The van der Waals surface area contributed by atoms with Gasteiger partial charge in [-0.2, -0.15) is 0 Å². The van der Waals surface area contributed by atoms with E-state index in [9.17, 15) is 9.59 Å². The van der Waals surface area contributed by atoms with Crippen molar-refractivity contribution in [2.24, 2.45) is 0 Å². The predicted molar refractivity (Wildman–Crippen MR) is 93.3 cm³/mol. The molecular weight excluding hydrogens is 336 g/mol.